The predicted octanol–water partition coefficient (Wildman–Crippen LogP) is 4.72. The fraction of sp³-hybridized carbons (Fsp3) is 0.391. The molecule has 0 bridgehead atoms. The minimum atomic E-state index is -4.41. The van der Waals surface area contributed by atoms with E-state index in [-0.39, 0.29) is 35.3 Å². The number of amides is 2. The van der Waals surface area contributed by atoms with E-state index >= 15 is 0 Å². The van der Waals surface area contributed by atoms with Crippen LogP contribution >= 0.6 is 11.6 Å². The van der Waals surface area contributed by atoms with Gasteiger partial charge in [0.25, 0.3) is 5.91 Å². The molecule has 1 fully saturated rings. The van der Waals surface area contributed by atoms with Crippen molar-refractivity contribution in [2.24, 2.45) is 0 Å². The van der Waals surface area contributed by atoms with Gasteiger partial charge in [-0.25, -0.2) is 4.39 Å². The fourth-order valence-electron chi connectivity index (χ4n) is 4.17. The highest BCUT2D eigenvalue weighted by Crippen LogP contribution is 2.41. The molecule has 1 aliphatic heterocycles. The normalized spacial score (nSPS) is 15.8. The number of rotatable bonds is 6. The third-order valence-electron chi connectivity index (χ3n) is 5.70. The van der Waals surface area contributed by atoms with Crippen LogP contribution < -0.4 is 10.6 Å². The molecule has 5 nitrogen and oxygen atoms in total. The van der Waals surface area contributed by atoms with Gasteiger partial charge < -0.3 is 10.6 Å². The average molecular weight is 486 g/mol. The smallest absolute Gasteiger partial charge is 0.355 e. The van der Waals surface area contributed by atoms with Gasteiger partial charge in [0.05, 0.1) is 28.2 Å². The van der Waals surface area contributed by atoms with Crippen molar-refractivity contribution in [1.29, 1.82) is 0 Å². The molecule has 3 rings (SSSR count). The van der Waals surface area contributed by atoms with E-state index in [2.05, 4.69) is 10.6 Å². The van der Waals surface area contributed by atoms with E-state index in [4.69, 9.17) is 11.6 Å². The number of hydrogen-bond donors (Lipinski definition) is 2. The second-order valence-electron chi connectivity index (χ2n) is 8.43. The van der Waals surface area contributed by atoms with Crippen LogP contribution in [0, 0.1) is 5.82 Å². The lowest BCUT2D eigenvalue weighted by Gasteiger charge is -2.50. The molecule has 0 saturated carbocycles. The molecule has 0 aromatic heterocycles. The number of alkyl halides is 3. The molecule has 0 radical (unpaired) electrons. The maximum atomic E-state index is 14.2. The Kier molecular flexibility index (Phi) is 7.04. The zero-order chi connectivity index (χ0) is 24.6. The lowest BCUT2D eigenvalue weighted by molar-refractivity contribution is -0.165. The van der Waals surface area contributed by atoms with E-state index in [9.17, 15) is 27.2 Å². The van der Waals surface area contributed by atoms with Crippen molar-refractivity contribution in [3.8, 4) is 0 Å². The minimum absolute atomic E-state index is 0.0111. The molecule has 2 N–H and O–H groups in total. The summed E-state index contributed by atoms with van der Waals surface area (Å²) in [6.07, 6.45) is -4.41. The Morgan fingerprint density at radius 2 is 1.82 bits per heavy atom. The minimum Gasteiger partial charge on any atom is -0.355 e. The Hall–Kier alpha value is -2.65. The number of nitrogens with one attached hydrogen (secondary N) is 2. The van der Waals surface area contributed by atoms with Crippen LogP contribution in [0.2, 0.25) is 5.02 Å². The van der Waals surface area contributed by atoms with Gasteiger partial charge in [-0.2, -0.15) is 13.2 Å². The zero-order valence-corrected chi connectivity index (χ0v) is 19.1. The number of carbonyl (C=O) groups excluding carboxylic acids is 2. The van der Waals surface area contributed by atoms with Crippen molar-refractivity contribution in [2.75, 3.05) is 32.0 Å². The Labute approximate surface area is 194 Å². The summed E-state index contributed by atoms with van der Waals surface area (Å²) in [5.74, 6) is -2.06. The number of benzene rings is 2. The Bertz CT molecular complexity index is 1070. The summed E-state index contributed by atoms with van der Waals surface area (Å²) < 4.78 is 53.0. The first-order valence-corrected chi connectivity index (χ1v) is 10.7. The van der Waals surface area contributed by atoms with Gasteiger partial charge in [-0.1, -0.05) is 49.7 Å². The van der Waals surface area contributed by atoms with E-state index in [1.54, 1.807) is 18.2 Å². The summed E-state index contributed by atoms with van der Waals surface area (Å²) in [7, 11) is 1.37. The number of likely N-dealkylation sites (tertiary alicyclic amines) is 1. The van der Waals surface area contributed by atoms with Crippen molar-refractivity contribution in [3.05, 3.63) is 63.9 Å². The van der Waals surface area contributed by atoms with Gasteiger partial charge >= 0.3 is 6.18 Å². The molecular weight excluding hydrogens is 462 g/mol. The molecule has 1 heterocycles. The zero-order valence-electron chi connectivity index (χ0n) is 18.3. The Balaban J connectivity index is 2.03. The summed E-state index contributed by atoms with van der Waals surface area (Å²) in [6, 6.07) is 9.10. The largest absolute Gasteiger partial charge is 0.401 e. The number of carbonyl (C=O) groups is 2. The highest BCUT2D eigenvalue weighted by molar-refractivity contribution is 6.31. The van der Waals surface area contributed by atoms with Crippen LogP contribution in [0.3, 0.4) is 0 Å². The van der Waals surface area contributed by atoms with E-state index in [1.165, 1.54) is 7.05 Å². The second-order valence-corrected chi connectivity index (χ2v) is 8.84. The van der Waals surface area contributed by atoms with Crippen LogP contribution in [0.25, 0.3) is 0 Å². The molecule has 2 aromatic rings. The van der Waals surface area contributed by atoms with Gasteiger partial charge in [-0.05, 0) is 29.2 Å². The van der Waals surface area contributed by atoms with E-state index in [1.807, 2.05) is 19.9 Å². The summed E-state index contributed by atoms with van der Waals surface area (Å²) in [5, 5.41) is 4.67. The van der Waals surface area contributed by atoms with Gasteiger partial charge in [0.1, 0.15) is 5.82 Å². The lowest BCUT2D eigenvalue weighted by Crippen LogP contribution is -2.66. The molecule has 178 valence electrons. The van der Waals surface area contributed by atoms with Gasteiger partial charge in [0, 0.05) is 20.1 Å². The van der Waals surface area contributed by atoms with Crippen LogP contribution in [0.15, 0.2) is 36.4 Å². The molecular formula is C23H24ClF4N3O2. The SMILES string of the molecule is CNC(=O)c1cc(Cl)c(F)cc1NC(=O)C1(c2ccccc2C(C)C)CN(CC(F)(F)F)C1. The quantitative estimate of drug-likeness (QED) is 0.582. The third kappa shape index (κ3) is 5.14. The van der Waals surface area contributed by atoms with Gasteiger partial charge in [-0.3, -0.25) is 14.5 Å². The van der Waals surface area contributed by atoms with Crippen LogP contribution in [-0.2, 0) is 10.2 Å². The maximum Gasteiger partial charge on any atom is 0.401 e. The molecule has 33 heavy (non-hydrogen) atoms. The Morgan fingerprint density at radius 1 is 1.18 bits per heavy atom. The maximum absolute atomic E-state index is 14.2. The molecule has 2 aromatic carbocycles. The lowest BCUT2D eigenvalue weighted by atomic mass is 9.69. The number of hydrogen-bond acceptors (Lipinski definition) is 3. The third-order valence-corrected chi connectivity index (χ3v) is 5.99. The first-order chi connectivity index (χ1) is 15.4. The van der Waals surface area contributed by atoms with E-state index in [0.29, 0.717) is 5.56 Å². The van der Waals surface area contributed by atoms with E-state index in [0.717, 1.165) is 22.6 Å². The monoisotopic (exact) mass is 485 g/mol. The number of halogens is 5. The Morgan fingerprint density at radius 3 is 2.39 bits per heavy atom. The number of nitrogens with zero attached hydrogens (tertiary/aromatic N) is 1. The summed E-state index contributed by atoms with van der Waals surface area (Å²) >= 11 is 5.80. The summed E-state index contributed by atoms with van der Waals surface area (Å²) in [5.41, 5.74) is -0.0461. The average Bonchev–Trinajstić information content (AvgIpc) is 2.71. The second kappa shape index (κ2) is 9.30. The highest BCUT2D eigenvalue weighted by Gasteiger charge is 2.53. The molecule has 0 unspecified atom stereocenters. The fourth-order valence-corrected chi connectivity index (χ4v) is 4.33. The van der Waals surface area contributed by atoms with Crippen molar-refractivity contribution >= 4 is 29.1 Å². The molecule has 1 aliphatic rings. The molecule has 1 saturated heterocycles. The van der Waals surface area contributed by atoms with Crippen LogP contribution in [0.5, 0.6) is 0 Å². The molecule has 0 atom stereocenters. The topological polar surface area (TPSA) is 61.4 Å². The van der Waals surface area contributed by atoms with Crippen molar-refractivity contribution in [3.63, 3.8) is 0 Å². The molecule has 2 amide bonds. The van der Waals surface area contributed by atoms with Crippen molar-refractivity contribution in [1.82, 2.24) is 10.2 Å². The van der Waals surface area contributed by atoms with Crippen LogP contribution in [-0.4, -0.2) is 49.6 Å². The van der Waals surface area contributed by atoms with Gasteiger partial charge in [-0.15, -0.1) is 0 Å². The standard InChI is InChI=1S/C23H24ClF4N3O2/c1-13(2)14-6-4-5-7-16(14)22(10-31(11-22)12-23(26,27)28)21(33)30-19-9-18(25)17(24)8-15(19)20(32)29-3/h4-9,13H,10-12H2,1-3H3,(H,29,32)(H,30,33). The van der Waals surface area contributed by atoms with Gasteiger partial charge in [0.2, 0.25) is 5.91 Å². The number of anilines is 1. The summed E-state index contributed by atoms with van der Waals surface area (Å²) in [6.45, 7) is 2.36. The first-order valence-electron chi connectivity index (χ1n) is 10.3. The molecule has 0 aliphatic carbocycles. The van der Waals surface area contributed by atoms with Gasteiger partial charge in [0.15, 0.2) is 0 Å². The highest BCUT2D eigenvalue weighted by atomic mass is 35.5. The van der Waals surface area contributed by atoms with Crippen LogP contribution in [0.4, 0.5) is 23.2 Å². The first kappa shape index (κ1) is 25.0. The van der Waals surface area contributed by atoms with Crippen LogP contribution in [0.1, 0.15) is 41.3 Å². The molecule has 10 heteroatoms. The van der Waals surface area contributed by atoms with Crippen molar-refractivity contribution < 1.29 is 27.2 Å². The molecule has 0 spiro atoms. The predicted molar refractivity (Wildman–Crippen MR) is 118 cm³/mol. The van der Waals surface area contributed by atoms with Crippen molar-refractivity contribution in [2.45, 2.75) is 31.4 Å². The summed E-state index contributed by atoms with van der Waals surface area (Å²) in [4.78, 5) is 27.0. The van der Waals surface area contributed by atoms with E-state index < -0.39 is 35.8 Å².